The maximum absolute atomic E-state index is 12.1. The summed E-state index contributed by atoms with van der Waals surface area (Å²) in [5.74, 6) is -0.203. The van der Waals surface area contributed by atoms with Crippen molar-refractivity contribution in [3.05, 3.63) is 64.9 Å². The highest BCUT2D eigenvalue weighted by molar-refractivity contribution is 6.35. The first-order chi connectivity index (χ1) is 10.6. The first-order valence-corrected chi connectivity index (χ1v) is 7.36. The number of amides is 1. The van der Waals surface area contributed by atoms with Crippen LogP contribution >= 0.6 is 23.2 Å². The smallest absolute Gasteiger partial charge is 0.292 e. The fourth-order valence-electron chi connectivity index (χ4n) is 2.14. The van der Waals surface area contributed by atoms with E-state index in [2.05, 4.69) is 10.4 Å². The van der Waals surface area contributed by atoms with Gasteiger partial charge in [-0.15, -0.1) is 0 Å². The molecule has 0 unspecified atom stereocenters. The molecule has 3 aromatic rings. The van der Waals surface area contributed by atoms with Gasteiger partial charge < -0.3 is 5.32 Å². The number of benzene rings is 2. The minimum absolute atomic E-state index is 0.106. The second kappa shape index (κ2) is 6.30. The van der Waals surface area contributed by atoms with Gasteiger partial charge in [0.15, 0.2) is 0 Å². The molecule has 1 amide bonds. The lowest BCUT2D eigenvalue weighted by atomic mass is 10.2. The van der Waals surface area contributed by atoms with Crippen molar-refractivity contribution in [3.63, 3.8) is 0 Å². The SMILES string of the molecule is O=C(C[n+]1cc2ccccc2cn1)Nc1cc(Cl)cc(Cl)c1. The molecule has 6 heteroatoms. The molecule has 0 bridgehead atoms. The Morgan fingerprint density at radius 3 is 2.50 bits per heavy atom. The topological polar surface area (TPSA) is 45.9 Å². The van der Waals surface area contributed by atoms with Crippen LogP contribution in [0.2, 0.25) is 10.0 Å². The number of hydrogen-bond donors (Lipinski definition) is 1. The molecular formula is C16H12Cl2N3O+. The van der Waals surface area contributed by atoms with Crippen LogP contribution in [0.25, 0.3) is 10.8 Å². The molecule has 4 nitrogen and oxygen atoms in total. The highest BCUT2D eigenvalue weighted by atomic mass is 35.5. The van der Waals surface area contributed by atoms with Gasteiger partial charge in [0.25, 0.3) is 12.5 Å². The van der Waals surface area contributed by atoms with Gasteiger partial charge in [-0.3, -0.25) is 4.79 Å². The van der Waals surface area contributed by atoms with E-state index in [-0.39, 0.29) is 12.5 Å². The molecule has 0 atom stereocenters. The van der Waals surface area contributed by atoms with Gasteiger partial charge in [-0.05, 0) is 29.4 Å². The monoisotopic (exact) mass is 332 g/mol. The van der Waals surface area contributed by atoms with E-state index in [9.17, 15) is 4.79 Å². The molecule has 0 fully saturated rings. The minimum Gasteiger partial charge on any atom is -0.320 e. The molecule has 3 rings (SSSR count). The Hall–Kier alpha value is -2.17. The number of carbonyl (C=O) groups is 1. The average Bonchev–Trinajstić information content (AvgIpc) is 2.45. The molecule has 1 heterocycles. The Labute approximate surface area is 137 Å². The Bertz CT molecular complexity index is 831. The summed E-state index contributed by atoms with van der Waals surface area (Å²) in [4.78, 5) is 12.1. The quantitative estimate of drug-likeness (QED) is 0.746. The van der Waals surface area contributed by atoms with Crippen LogP contribution < -0.4 is 10.00 Å². The number of halogens is 2. The molecule has 110 valence electrons. The Morgan fingerprint density at radius 2 is 1.77 bits per heavy atom. The molecule has 2 aromatic carbocycles. The van der Waals surface area contributed by atoms with E-state index in [4.69, 9.17) is 23.2 Å². The summed E-state index contributed by atoms with van der Waals surface area (Å²) in [6.07, 6.45) is 3.57. The molecule has 0 saturated heterocycles. The Kier molecular flexibility index (Phi) is 4.22. The van der Waals surface area contributed by atoms with Crippen LogP contribution in [0.1, 0.15) is 0 Å². The van der Waals surface area contributed by atoms with Crippen LogP contribution in [0.3, 0.4) is 0 Å². The number of hydrogen-bond acceptors (Lipinski definition) is 2. The summed E-state index contributed by atoms with van der Waals surface area (Å²) < 4.78 is 1.59. The van der Waals surface area contributed by atoms with Gasteiger partial charge in [0.05, 0.1) is 0 Å². The Balaban J connectivity index is 1.75. The fourth-order valence-corrected chi connectivity index (χ4v) is 2.66. The molecule has 22 heavy (non-hydrogen) atoms. The van der Waals surface area contributed by atoms with E-state index < -0.39 is 0 Å². The third kappa shape index (κ3) is 3.53. The van der Waals surface area contributed by atoms with Gasteiger partial charge in [-0.1, -0.05) is 46.1 Å². The summed E-state index contributed by atoms with van der Waals surface area (Å²) in [6.45, 7) is 0.106. The van der Waals surface area contributed by atoms with Crippen molar-refractivity contribution in [2.45, 2.75) is 6.54 Å². The van der Waals surface area contributed by atoms with Gasteiger partial charge in [0.2, 0.25) is 6.20 Å². The maximum atomic E-state index is 12.1. The summed E-state index contributed by atoms with van der Waals surface area (Å²) in [5, 5.41) is 9.97. The van der Waals surface area contributed by atoms with Crippen molar-refractivity contribution in [2.24, 2.45) is 0 Å². The van der Waals surface area contributed by atoms with Crippen LogP contribution in [0.15, 0.2) is 54.9 Å². The largest absolute Gasteiger partial charge is 0.320 e. The number of nitrogens with one attached hydrogen (secondary N) is 1. The average molecular weight is 333 g/mol. The highest BCUT2D eigenvalue weighted by Gasteiger charge is 2.12. The molecule has 0 saturated carbocycles. The maximum Gasteiger partial charge on any atom is 0.292 e. The van der Waals surface area contributed by atoms with Crippen molar-refractivity contribution < 1.29 is 9.48 Å². The summed E-state index contributed by atoms with van der Waals surface area (Å²) in [5.41, 5.74) is 0.559. The van der Waals surface area contributed by atoms with Crippen LogP contribution in [0, 0.1) is 0 Å². The lowest BCUT2D eigenvalue weighted by Crippen LogP contribution is -2.43. The second-order valence-corrected chi connectivity index (χ2v) is 5.68. The van der Waals surface area contributed by atoms with E-state index in [1.807, 2.05) is 30.5 Å². The normalized spacial score (nSPS) is 10.6. The van der Waals surface area contributed by atoms with Gasteiger partial charge >= 0.3 is 0 Å². The minimum atomic E-state index is -0.203. The highest BCUT2D eigenvalue weighted by Crippen LogP contribution is 2.22. The molecular weight excluding hydrogens is 321 g/mol. The van der Waals surface area contributed by atoms with E-state index in [0.29, 0.717) is 15.7 Å². The number of rotatable bonds is 3. The van der Waals surface area contributed by atoms with Gasteiger partial charge in [0, 0.05) is 26.5 Å². The van der Waals surface area contributed by atoms with Crippen molar-refractivity contribution in [1.82, 2.24) is 5.10 Å². The zero-order chi connectivity index (χ0) is 15.5. The first-order valence-electron chi connectivity index (χ1n) is 6.61. The zero-order valence-corrected chi connectivity index (χ0v) is 13.0. The van der Waals surface area contributed by atoms with Gasteiger partial charge in [-0.25, -0.2) is 0 Å². The van der Waals surface area contributed by atoms with Crippen LogP contribution in [0.4, 0.5) is 5.69 Å². The predicted octanol–water partition coefficient (Wildman–Crippen LogP) is 3.47. The first kappa shape index (κ1) is 14.8. The summed E-state index contributed by atoms with van der Waals surface area (Å²) >= 11 is 11.8. The molecule has 0 aliphatic heterocycles. The number of fused-ring (bicyclic) bond motifs is 1. The predicted molar refractivity (Wildman–Crippen MR) is 87.0 cm³/mol. The van der Waals surface area contributed by atoms with Gasteiger partial charge in [-0.2, -0.15) is 0 Å². The number of nitrogens with zero attached hydrogens (tertiary/aromatic N) is 2. The van der Waals surface area contributed by atoms with Crippen LogP contribution in [-0.4, -0.2) is 11.0 Å². The number of aromatic nitrogens is 2. The second-order valence-electron chi connectivity index (χ2n) is 4.81. The third-order valence-corrected chi connectivity index (χ3v) is 3.52. The van der Waals surface area contributed by atoms with E-state index in [0.717, 1.165) is 10.8 Å². The third-order valence-electron chi connectivity index (χ3n) is 3.08. The molecule has 0 radical (unpaired) electrons. The molecule has 0 spiro atoms. The lowest BCUT2D eigenvalue weighted by Gasteiger charge is -2.04. The fraction of sp³-hybridized carbons (Fsp3) is 0.0625. The lowest BCUT2D eigenvalue weighted by molar-refractivity contribution is -0.740. The summed E-state index contributed by atoms with van der Waals surface area (Å²) in [6, 6.07) is 12.7. The van der Waals surface area contributed by atoms with Crippen molar-refractivity contribution in [1.29, 1.82) is 0 Å². The van der Waals surface area contributed by atoms with Crippen LogP contribution in [-0.2, 0) is 11.3 Å². The number of carbonyl (C=O) groups excluding carboxylic acids is 1. The van der Waals surface area contributed by atoms with E-state index in [1.54, 1.807) is 29.1 Å². The van der Waals surface area contributed by atoms with E-state index in [1.165, 1.54) is 0 Å². The number of anilines is 1. The Morgan fingerprint density at radius 1 is 1.09 bits per heavy atom. The zero-order valence-electron chi connectivity index (χ0n) is 11.5. The molecule has 1 N–H and O–H groups in total. The van der Waals surface area contributed by atoms with Crippen LogP contribution in [0.5, 0.6) is 0 Å². The standard InChI is InChI=1S/C16H11Cl2N3O/c17-13-5-14(18)7-15(6-13)20-16(22)10-21-9-12-4-2-1-3-11(12)8-19-21/h1-9H,10H2/p+1. The van der Waals surface area contributed by atoms with E-state index >= 15 is 0 Å². The van der Waals surface area contributed by atoms with Crippen molar-refractivity contribution in [3.8, 4) is 0 Å². The van der Waals surface area contributed by atoms with Crippen molar-refractivity contribution >= 4 is 45.6 Å². The molecule has 1 aromatic heterocycles. The van der Waals surface area contributed by atoms with Crippen molar-refractivity contribution in [2.75, 3.05) is 5.32 Å². The molecule has 0 aliphatic rings. The van der Waals surface area contributed by atoms with Gasteiger partial charge in [0.1, 0.15) is 6.20 Å². The molecule has 0 aliphatic carbocycles. The summed E-state index contributed by atoms with van der Waals surface area (Å²) in [7, 11) is 0.